The SMILES string of the molecule is NC[C@H](NC(=O)c1ccc(C#Cc2ccc(NC(=O)CNCc3ccc(Cl)c(Cl)c3)cc2)cc1)C(=O)NO. The first-order chi connectivity index (χ1) is 18.3. The van der Waals surface area contributed by atoms with Crippen LogP contribution >= 0.6 is 23.2 Å². The molecule has 7 N–H and O–H groups in total. The molecule has 3 aromatic rings. The molecule has 9 nitrogen and oxygen atoms in total. The molecule has 0 saturated heterocycles. The number of hydrogen-bond acceptors (Lipinski definition) is 6. The minimum absolute atomic E-state index is 0.122. The number of nitrogens with one attached hydrogen (secondary N) is 4. The maximum atomic E-state index is 12.3. The van der Waals surface area contributed by atoms with Crippen molar-refractivity contribution in [2.45, 2.75) is 12.6 Å². The third-order valence-corrected chi connectivity index (χ3v) is 5.97. The molecule has 0 aliphatic carbocycles. The number of halogens is 2. The number of nitrogens with two attached hydrogens (primary N) is 1. The molecule has 0 aliphatic rings. The molecule has 0 fully saturated rings. The highest BCUT2D eigenvalue weighted by atomic mass is 35.5. The van der Waals surface area contributed by atoms with Crippen molar-refractivity contribution in [3.05, 3.63) is 99.0 Å². The average Bonchev–Trinajstić information content (AvgIpc) is 2.93. The zero-order valence-electron chi connectivity index (χ0n) is 20.1. The van der Waals surface area contributed by atoms with E-state index in [-0.39, 0.29) is 19.0 Å². The summed E-state index contributed by atoms with van der Waals surface area (Å²) in [6, 6.07) is 17.8. The molecule has 0 aromatic heterocycles. The fourth-order valence-electron chi connectivity index (χ4n) is 3.21. The van der Waals surface area contributed by atoms with Gasteiger partial charge >= 0.3 is 0 Å². The summed E-state index contributed by atoms with van der Waals surface area (Å²) < 4.78 is 0. The van der Waals surface area contributed by atoms with Crippen molar-refractivity contribution in [2.75, 3.05) is 18.4 Å². The van der Waals surface area contributed by atoms with Gasteiger partial charge in [-0.1, -0.05) is 41.1 Å². The fourth-order valence-corrected chi connectivity index (χ4v) is 3.53. The van der Waals surface area contributed by atoms with Crippen molar-refractivity contribution in [3.8, 4) is 11.8 Å². The third kappa shape index (κ3) is 8.59. The highest BCUT2D eigenvalue weighted by Gasteiger charge is 2.19. The predicted octanol–water partition coefficient (Wildman–Crippen LogP) is 2.68. The van der Waals surface area contributed by atoms with Gasteiger partial charge in [-0.05, 0) is 66.2 Å². The van der Waals surface area contributed by atoms with Crippen LogP contribution in [0.25, 0.3) is 0 Å². The van der Waals surface area contributed by atoms with Gasteiger partial charge in [-0.3, -0.25) is 19.6 Å². The van der Waals surface area contributed by atoms with Crippen LogP contribution in [-0.2, 0) is 16.1 Å². The van der Waals surface area contributed by atoms with E-state index in [1.54, 1.807) is 60.7 Å². The molecule has 3 amide bonds. The van der Waals surface area contributed by atoms with Crippen LogP contribution in [0.4, 0.5) is 5.69 Å². The normalized spacial score (nSPS) is 11.1. The van der Waals surface area contributed by atoms with Crippen LogP contribution < -0.4 is 27.2 Å². The molecule has 1 atom stereocenters. The molecule has 0 unspecified atom stereocenters. The van der Waals surface area contributed by atoms with Gasteiger partial charge in [0, 0.05) is 35.5 Å². The smallest absolute Gasteiger partial charge is 0.267 e. The van der Waals surface area contributed by atoms with Gasteiger partial charge in [-0.2, -0.15) is 0 Å². The monoisotopic (exact) mass is 553 g/mol. The molecule has 3 rings (SSSR count). The zero-order valence-corrected chi connectivity index (χ0v) is 21.6. The van der Waals surface area contributed by atoms with Gasteiger partial charge in [-0.25, -0.2) is 5.48 Å². The lowest BCUT2D eigenvalue weighted by atomic mass is 10.1. The highest BCUT2D eigenvalue weighted by Crippen LogP contribution is 2.22. The fraction of sp³-hybridized carbons (Fsp3) is 0.148. The van der Waals surface area contributed by atoms with Gasteiger partial charge in [-0.15, -0.1) is 0 Å². The quantitative estimate of drug-likeness (QED) is 0.136. The van der Waals surface area contributed by atoms with Gasteiger partial charge in [0.05, 0.1) is 16.6 Å². The lowest BCUT2D eigenvalue weighted by Gasteiger charge is -2.14. The third-order valence-electron chi connectivity index (χ3n) is 5.23. The van der Waals surface area contributed by atoms with Crippen molar-refractivity contribution >= 4 is 46.6 Å². The molecule has 38 heavy (non-hydrogen) atoms. The Labute approximate surface area is 229 Å². The van der Waals surface area contributed by atoms with Crippen LogP contribution in [0.2, 0.25) is 10.0 Å². The Morgan fingerprint density at radius 1 is 0.895 bits per heavy atom. The Hall–Kier alpha value is -3.91. The maximum absolute atomic E-state index is 12.3. The van der Waals surface area contributed by atoms with Crippen molar-refractivity contribution in [1.82, 2.24) is 16.1 Å². The Kier molecular flexibility index (Phi) is 10.7. The van der Waals surface area contributed by atoms with E-state index in [0.29, 0.717) is 33.4 Å². The molecule has 0 saturated carbocycles. The standard InChI is InChI=1S/C27H25Cl2N5O4/c28-22-12-7-19(13-23(22)29)15-31-16-25(35)32-21-10-5-18(6-11-21)2-1-17-3-8-20(9-4-17)26(36)33-24(14-30)27(37)34-38/h3-13,24,31,38H,14-16,30H2,(H,32,35)(H,33,36)(H,34,37)/t24-/m0/s1. The van der Waals surface area contributed by atoms with Crippen molar-refractivity contribution in [2.24, 2.45) is 5.73 Å². The molecule has 0 radical (unpaired) electrons. The molecular formula is C27H25Cl2N5O4. The molecular weight excluding hydrogens is 529 g/mol. The number of anilines is 1. The first-order valence-electron chi connectivity index (χ1n) is 11.4. The number of benzene rings is 3. The molecule has 0 bridgehead atoms. The molecule has 3 aromatic carbocycles. The number of hydroxylamine groups is 1. The summed E-state index contributed by atoms with van der Waals surface area (Å²) in [4.78, 5) is 35.9. The van der Waals surface area contributed by atoms with Crippen LogP contribution in [-0.4, -0.2) is 42.1 Å². The lowest BCUT2D eigenvalue weighted by Crippen LogP contribution is -2.50. The van der Waals surface area contributed by atoms with Crippen LogP contribution in [0.1, 0.15) is 27.0 Å². The number of carbonyl (C=O) groups is 3. The van der Waals surface area contributed by atoms with E-state index in [4.69, 9.17) is 34.1 Å². The second-order valence-corrected chi connectivity index (χ2v) is 8.86. The van der Waals surface area contributed by atoms with Gasteiger partial charge in [0.25, 0.3) is 11.8 Å². The zero-order chi connectivity index (χ0) is 27.5. The van der Waals surface area contributed by atoms with Gasteiger partial charge in [0.1, 0.15) is 6.04 Å². The molecule has 0 heterocycles. The second-order valence-electron chi connectivity index (χ2n) is 8.04. The lowest BCUT2D eigenvalue weighted by molar-refractivity contribution is -0.130. The van der Waals surface area contributed by atoms with E-state index in [1.807, 2.05) is 6.07 Å². The van der Waals surface area contributed by atoms with Gasteiger partial charge in [0.2, 0.25) is 5.91 Å². The number of rotatable bonds is 9. The molecule has 0 aliphatic heterocycles. The number of carbonyl (C=O) groups excluding carboxylic acids is 3. The first kappa shape index (κ1) is 28.7. The Balaban J connectivity index is 1.49. The van der Waals surface area contributed by atoms with E-state index in [2.05, 4.69) is 27.8 Å². The van der Waals surface area contributed by atoms with Crippen molar-refractivity contribution < 1.29 is 19.6 Å². The molecule has 196 valence electrons. The summed E-state index contributed by atoms with van der Waals surface area (Å²) in [5, 5.41) is 17.9. The summed E-state index contributed by atoms with van der Waals surface area (Å²) in [5.41, 5.74) is 10.2. The minimum Gasteiger partial charge on any atom is -0.339 e. The summed E-state index contributed by atoms with van der Waals surface area (Å²) in [7, 11) is 0. The largest absolute Gasteiger partial charge is 0.339 e. The van der Waals surface area contributed by atoms with Gasteiger partial charge < -0.3 is 21.7 Å². The van der Waals surface area contributed by atoms with Crippen molar-refractivity contribution in [1.29, 1.82) is 0 Å². The second kappa shape index (κ2) is 14.1. The predicted molar refractivity (Wildman–Crippen MR) is 146 cm³/mol. The van der Waals surface area contributed by atoms with Crippen LogP contribution in [0.15, 0.2) is 66.7 Å². The molecule has 0 spiro atoms. The number of hydrogen-bond donors (Lipinski definition) is 6. The van der Waals surface area contributed by atoms with Crippen LogP contribution in [0.3, 0.4) is 0 Å². The van der Waals surface area contributed by atoms with E-state index >= 15 is 0 Å². The van der Waals surface area contributed by atoms with Crippen molar-refractivity contribution in [3.63, 3.8) is 0 Å². The summed E-state index contributed by atoms with van der Waals surface area (Å²) in [6.45, 7) is 0.429. The first-order valence-corrected chi connectivity index (χ1v) is 12.2. The average molecular weight is 554 g/mol. The Morgan fingerprint density at radius 3 is 2.11 bits per heavy atom. The Bertz CT molecular complexity index is 1350. The van der Waals surface area contributed by atoms with Crippen LogP contribution in [0.5, 0.6) is 0 Å². The summed E-state index contributed by atoms with van der Waals surface area (Å²) >= 11 is 11.9. The van der Waals surface area contributed by atoms with Gasteiger partial charge in [0.15, 0.2) is 0 Å². The number of amides is 3. The Morgan fingerprint density at radius 2 is 1.53 bits per heavy atom. The van der Waals surface area contributed by atoms with Crippen LogP contribution in [0, 0.1) is 11.8 Å². The minimum atomic E-state index is -1.05. The van der Waals surface area contributed by atoms with E-state index in [1.165, 1.54) is 5.48 Å². The summed E-state index contributed by atoms with van der Waals surface area (Å²) in [6.07, 6.45) is 0. The maximum Gasteiger partial charge on any atom is 0.267 e. The van der Waals surface area contributed by atoms with E-state index in [0.717, 1.165) is 11.1 Å². The van der Waals surface area contributed by atoms with E-state index in [9.17, 15) is 14.4 Å². The summed E-state index contributed by atoms with van der Waals surface area (Å²) in [5.74, 6) is 4.52. The van der Waals surface area contributed by atoms with E-state index < -0.39 is 17.9 Å². The highest BCUT2D eigenvalue weighted by molar-refractivity contribution is 6.42. The topological polar surface area (TPSA) is 146 Å². The molecule has 11 heteroatoms.